The lowest BCUT2D eigenvalue weighted by molar-refractivity contribution is -0.147. The normalized spacial score (nSPS) is 24.1. The summed E-state index contributed by atoms with van der Waals surface area (Å²) < 4.78 is 15.9. The summed E-state index contributed by atoms with van der Waals surface area (Å²) in [5, 5.41) is 0. The largest absolute Gasteiger partial charge is 0.454 e. The summed E-state index contributed by atoms with van der Waals surface area (Å²) in [4.78, 5) is 11.4. The van der Waals surface area contributed by atoms with Crippen LogP contribution in [0.5, 0.6) is 0 Å². The Morgan fingerprint density at radius 1 is 1.59 bits per heavy atom. The van der Waals surface area contributed by atoms with Gasteiger partial charge < -0.3 is 4.74 Å². The zero-order valence-corrected chi connectivity index (χ0v) is 11.0. The highest BCUT2D eigenvalue weighted by molar-refractivity contribution is 6.75. The fraction of sp³-hybridized carbons (Fsp3) is 0.364. The van der Waals surface area contributed by atoms with E-state index in [4.69, 9.17) is 39.5 Å². The number of hydrogen-bond acceptors (Lipinski definition) is 2. The van der Waals surface area contributed by atoms with Crippen LogP contribution in [0.25, 0.3) is 0 Å². The molecule has 1 aliphatic carbocycles. The first-order valence-corrected chi connectivity index (χ1v) is 5.92. The lowest BCUT2D eigenvalue weighted by Crippen LogP contribution is -2.31. The van der Waals surface area contributed by atoms with Gasteiger partial charge in [0.1, 0.15) is 11.9 Å². The van der Waals surface area contributed by atoms with Crippen LogP contribution in [0, 0.1) is 5.92 Å². The van der Waals surface area contributed by atoms with Gasteiger partial charge in [0.15, 0.2) is 0 Å². The summed E-state index contributed by atoms with van der Waals surface area (Å²) in [6.07, 6.45) is 5.36. The number of ether oxygens (including phenoxy) is 1. The first-order valence-electron chi connectivity index (χ1n) is 4.79. The zero-order chi connectivity index (χ0) is 13.1. The molecule has 0 aromatic carbocycles. The highest BCUT2D eigenvalue weighted by Gasteiger charge is 2.36. The lowest BCUT2D eigenvalue weighted by atomic mass is 9.94. The molecule has 0 amide bonds. The number of carbonyl (C=O) groups is 1. The molecule has 94 valence electrons. The molecule has 6 heteroatoms. The van der Waals surface area contributed by atoms with E-state index >= 15 is 0 Å². The quantitative estimate of drug-likeness (QED) is 0.449. The Bertz CT molecular complexity index is 371. The summed E-state index contributed by atoms with van der Waals surface area (Å²) in [5.41, 5.74) is 0. The average Bonchev–Trinajstić information content (AvgIpc) is 2.21. The van der Waals surface area contributed by atoms with Crippen molar-refractivity contribution in [2.45, 2.75) is 16.3 Å². The van der Waals surface area contributed by atoms with E-state index in [2.05, 4.69) is 6.58 Å². The van der Waals surface area contributed by atoms with Crippen LogP contribution in [0.15, 0.2) is 36.7 Å². The molecule has 1 rings (SSSR count). The van der Waals surface area contributed by atoms with Crippen LogP contribution >= 0.6 is 34.8 Å². The van der Waals surface area contributed by atoms with E-state index in [9.17, 15) is 9.18 Å². The van der Waals surface area contributed by atoms with Gasteiger partial charge in [-0.1, -0.05) is 40.9 Å². The van der Waals surface area contributed by atoms with Crippen molar-refractivity contribution in [1.29, 1.82) is 0 Å². The van der Waals surface area contributed by atoms with E-state index in [1.165, 1.54) is 18.2 Å². The Morgan fingerprint density at radius 2 is 2.24 bits per heavy atom. The van der Waals surface area contributed by atoms with Crippen LogP contribution < -0.4 is 0 Å². The topological polar surface area (TPSA) is 26.3 Å². The summed E-state index contributed by atoms with van der Waals surface area (Å²) in [6, 6.07) is 0. The number of rotatable bonds is 3. The van der Waals surface area contributed by atoms with Crippen molar-refractivity contribution in [2.75, 3.05) is 0 Å². The molecule has 0 saturated heterocycles. The van der Waals surface area contributed by atoms with Gasteiger partial charge in [-0.2, -0.15) is 0 Å². The molecule has 2 unspecified atom stereocenters. The van der Waals surface area contributed by atoms with Crippen molar-refractivity contribution < 1.29 is 13.9 Å². The van der Waals surface area contributed by atoms with Gasteiger partial charge in [0.2, 0.25) is 0 Å². The molecule has 0 fully saturated rings. The minimum absolute atomic E-state index is 0.339. The maximum Gasteiger partial charge on any atom is 0.359 e. The minimum Gasteiger partial charge on any atom is -0.454 e. The smallest absolute Gasteiger partial charge is 0.359 e. The van der Waals surface area contributed by atoms with Crippen LogP contribution in [0.3, 0.4) is 0 Å². The highest BCUT2D eigenvalue weighted by atomic mass is 35.6. The fourth-order valence-corrected chi connectivity index (χ4v) is 1.53. The van der Waals surface area contributed by atoms with Crippen molar-refractivity contribution in [3.05, 3.63) is 36.7 Å². The first kappa shape index (κ1) is 14.6. The van der Waals surface area contributed by atoms with Gasteiger partial charge in [-0.25, -0.2) is 9.18 Å². The Kier molecular flexibility index (Phi) is 5.04. The average molecular weight is 300 g/mol. The molecule has 17 heavy (non-hydrogen) atoms. The molecule has 2 nitrogen and oxygen atoms in total. The van der Waals surface area contributed by atoms with E-state index in [-0.39, 0.29) is 5.92 Å². The summed E-state index contributed by atoms with van der Waals surface area (Å²) >= 11 is 16.1. The standard InChI is InChI=1S/C11H10Cl3FO2/c1-2-3-7-6-8(15)4-5-9(7)17-10(16)11(12,13)14/h2,4-7,9H,1,3H2. The first-order chi connectivity index (χ1) is 7.84. The number of alkyl halides is 3. The molecular weight excluding hydrogens is 289 g/mol. The van der Waals surface area contributed by atoms with Crippen LogP contribution in [0.2, 0.25) is 0 Å². The summed E-state index contributed by atoms with van der Waals surface area (Å²) in [7, 11) is 0. The van der Waals surface area contributed by atoms with Crippen LogP contribution in [-0.4, -0.2) is 15.9 Å². The Labute approximate surface area is 114 Å². The molecule has 0 N–H and O–H groups in total. The van der Waals surface area contributed by atoms with Crippen LogP contribution in [0.4, 0.5) is 4.39 Å². The van der Waals surface area contributed by atoms with Gasteiger partial charge in [0.05, 0.1) is 0 Å². The SMILES string of the molecule is C=CCC1C=C(F)C=CC1OC(=O)C(Cl)(Cl)Cl. The van der Waals surface area contributed by atoms with Crippen LogP contribution in [-0.2, 0) is 9.53 Å². The number of halogens is 4. The third-order valence-electron chi connectivity index (χ3n) is 2.15. The number of carbonyl (C=O) groups excluding carboxylic acids is 1. The minimum atomic E-state index is -2.13. The molecule has 0 aromatic heterocycles. The molecule has 2 atom stereocenters. The molecule has 0 radical (unpaired) electrons. The summed E-state index contributed by atoms with van der Waals surface area (Å²) in [6.45, 7) is 3.55. The molecule has 0 saturated carbocycles. The monoisotopic (exact) mass is 298 g/mol. The predicted molar refractivity (Wildman–Crippen MR) is 66.8 cm³/mol. The van der Waals surface area contributed by atoms with E-state index in [0.717, 1.165) is 0 Å². The fourth-order valence-electron chi connectivity index (χ4n) is 1.40. The van der Waals surface area contributed by atoms with Crippen molar-refractivity contribution >= 4 is 40.8 Å². The molecule has 0 aliphatic heterocycles. The van der Waals surface area contributed by atoms with Gasteiger partial charge in [-0.15, -0.1) is 6.58 Å². The third kappa shape index (κ3) is 4.34. The molecule has 0 aromatic rings. The van der Waals surface area contributed by atoms with Crippen molar-refractivity contribution in [2.24, 2.45) is 5.92 Å². The van der Waals surface area contributed by atoms with Gasteiger partial charge in [-0.3, -0.25) is 0 Å². The number of esters is 1. The lowest BCUT2D eigenvalue weighted by Gasteiger charge is -2.25. The Hall–Kier alpha value is -0.510. The van der Waals surface area contributed by atoms with Gasteiger partial charge in [0.25, 0.3) is 3.79 Å². The van der Waals surface area contributed by atoms with Gasteiger partial charge in [-0.05, 0) is 24.6 Å². The maximum absolute atomic E-state index is 13.0. The van der Waals surface area contributed by atoms with E-state index in [0.29, 0.717) is 6.42 Å². The Morgan fingerprint density at radius 3 is 2.76 bits per heavy atom. The van der Waals surface area contributed by atoms with Gasteiger partial charge >= 0.3 is 5.97 Å². The molecule has 0 heterocycles. The predicted octanol–water partition coefficient (Wildman–Crippen LogP) is 3.88. The maximum atomic E-state index is 13.0. The van der Waals surface area contributed by atoms with Crippen molar-refractivity contribution in [3.8, 4) is 0 Å². The van der Waals surface area contributed by atoms with E-state index < -0.39 is 21.7 Å². The van der Waals surface area contributed by atoms with Gasteiger partial charge in [0, 0.05) is 5.92 Å². The molecule has 0 spiro atoms. The zero-order valence-electron chi connectivity index (χ0n) is 8.71. The second-order valence-electron chi connectivity index (χ2n) is 3.47. The van der Waals surface area contributed by atoms with Crippen LogP contribution in [0.1, 0.15) is 6.42 Å². The van der Waals surface area contributed by atoms with E-state index in [1.807, 2.05) is 0 Å². The van der Waals surface area contributed by atoms with Crippen molar-refractivity contribution in [1.82, 2.24) is 0 Å². The van der Waals surface area contributed by atoms with E-state index in [1.54, 1.807) is 6.08 Å². The molecule has 0 bridgehead atoms. The number of allylic oxidation sites excluding steroid dienone is 3. The Balaban J connectivity index is 2.73. The molecular formula is C11H10Cl3FO2. The summed E-state index contributed by atoms with van der Waals surface area (Å²) in [5.74, 6) is -1.71. The molecule has 1 aliphatic rings. The third-order valence-corrected chi connectivity index (χ3v) is 2.62. The number of hydrogen-bond donors (Lipinski definition) is 0. The second-order valence-corrected chi connectivity index (χ2v) is 5.75. The highest BCUT2D eigenvalue weighted by Crippen LogP contribution is 2.31. The van der Waals surface area contributed by atoms with Crippen molar-refractivity contribution in [3.63, 3.8) is 0 Å². The second kappa shape index (κ2) is 5.89.